The van der Waals surface area contributed by atoms with Crippen molar-refractivity contribution in [3.8, 4) is 0 Å². The van der Waals surface area contributed by atoms with Crippen LogP contribution >= 0.6 is 54.8 Å². The summed E-state index contributed by atoms with van der Waals surface area (Å²) in [4.78, 5) is 12.6. The van der Waals surface area contributed by atoms with Crippen molar-refractivity contribution >= 4 is 66.4 Å². The van der Waals surface area contributed by atoms with E-state index in [4.69, 9.17) is 11.6 Å². The minimum Gasteiger partial charge on any atom is -0.320 e. The molecule has 1 N–H and O–H groups in total. The molecule has 2 rings (SSSR count). The molecule has 0 aliphatic rings. The van der Waals surface area contributed by atoms with Crippen LogP contribution in [0.3, 0.4) is 0 Å². The Morgan fingerprint density at radius 1 is 1.29 bits per heavy atom. The Bertz CT molecular complexity index is 570. The average molecular weight is 396 g/mol. The van der Waals surface area contributed by atoms with Crippen LogP contribution in [0.2, 0.25) is 5.02 Å². The first-order valence-corrected chi connectivity index (χ1v) is 7.41. The van der Waals surface area contributed by atoms with Crippen molar-refractivity contribution in [3.63, 3.8) is 0 Å². The molecule has 1 aromatic carbocycles. The molecule has 0 saturated carbocycles. The van der Waals surface area contributed by atoms with Gasteiger partial charge in [-0.05, 0) is 45.6 Å². The number of nitrogens with one attached hydrogen (secondary N) is 1. The molecule has 0 atom stereocenters. The molecule has 0 fully saturated rings. The van der Waals surface area contributed by atoms with E-state index in [-0.39, 0.29) is 5.91 Å². The highest BCUT2D eigenvalue weighted by Crippen LogP contribution is 2.28. The van der Waals surface area contributed by atoms with Crippen LogP contribution in [0.5, 0.6) is 0 Å². The first kappa shape index (κ1) is 13.1. The highest BCUT2D eigenvalue weighted by atomic mass is 79.9. The highest BCUT2D eigenvalue weighted by Gasteiger charge is 2.13. The number of thiophene rings is 1. The molecule has 2 aromatic rings. The number of carbonyl (C=O) groups excluding carboxylic acids is 1. The number of anilines is 1. The molecular formula is C11H6Br2ClNOS. The van der Waals surface area contributed by atoms with Gasteiger partial charge < -0.3 is 5.32 Å². The standard InChI is InChI=1S/C11H6Br2ClNOS/c12-6-1-2-9(8(14)5-6)15-11(16)10-7(13)3-4-17-10/h1-5H,(H,15,16). The van der Waals surface area contributed by atoms with Gasteiger partial charge in [0.2, 0.25) is 0 Å². The molecule has 0 spiro atoms. The van der Waals surface area contributed by atoms with Crippen molar-refractivity contribution in [2.75, 3.05) is 5.32 Å². The molecule has 17 heavy (non-hydrogen) atoms. The fraction of sp³-hybridized carbons (Fsp3) is 0. The molecule has 0 bridgehead atoms. The van der Waals surface area contributed by atoms with E-state index in [0.717, 1.165) is 8.95 Å². The van der Waals surface area contributed by atoms with E-state index >= 15 is 0 Å². The van der Waals surface area contributed by atoms with Gasteiger partial charge in [0.05, 0.1) is 10.7 Å². The van der Waals surface area contributed by atoms with Gasteiger partial charge in [-0.25, -0.2) is 0 Å². The lowest BCUT2D eigenvalue weighted by Crippen LogP contribution is -2.10. The van der Waals surface area contributed by atoms with Crippen LogP contribution < -0.4 is 5.32 Å². The minimum atomic E-state index is -0.170. The van der Waals surface area contributed by atoms with Gasteiger partial charge in [-0.1, -0.05) is 27.5 Å². The van der Waals surface area contributed by atoms with Gasteiger partial charge in [0.15, 0.2) is 0 Å². The zero-order chi connectivity index (χ0) is 12.4. The molecule has 88 valence electrons. The van der Waals surface area contributed by atoms with Crippen molar-refractivity contribution in [2.45, 2.75) is 0 Å². The summed E-state index contributed by atoms with van der Waals surface area (Å²) in [5, 5.41) is 5.12. The fourth-order valence-corrected chi connectivity index (χ4v) is 3.39. The summed E-state index contributed by atoms with van der Waals surface area (Å²) < 4.78 is 1.66. The summed E-state index contributed by atoms with van der Waals surface area (Å²) in [5.74, 6) is -0.170. The van der Waals surface area contributed by atoms with Gasteiger partial charge in [0, 0.05) is 8.95 Å². The molecule has 0 aliphatic heterocycles. The van der Waals surface area contributed by atoms with Gasteiger partial charge in [0.25, 0.3) is 5.91 Å². The molecule has 0 aliphatic carbocycles. The zero-order valence-corrected chi connectivity index (χ0v) is 13.1. The third-order valence-corrected chi connectivity index (χ3v) is 4.65. The number of benzene rings is 1. The number of carbonyl (C=O) groups is 1. The lowest BCUT2D eigenvalue weighted by atomic mass is 10.3. The summed E-state index contributed by atoms with van der Waals surface area (Å²) in [6, 6.07) is 7.15. The van der Waals surface area contributed by atoms with Gasteiger partial charge in [-0.15, -0.1) is 11.3 Å². The molecule has 1 aromatic heterocycles. The number of hydrogen-bond acceptors (Lipinski definition) is 2. The Morgan fingerprint density at radius 3 is 2.65 bits per heavy atom. The maximum atomic E-state index is 11.9. The van der Waals surface area contributed by atoms with Crippen LogP contribution in [0, 0.1) is 0 Å². The second-order valence-electron chi connectivity index (χ2n) is 3.18. The van der Waals surface area contributed by atoms with Gasteiger partial charge in [-0.2, -0.15) is 0 Å². The Kier molecular flexibility index (Phi) is 4.25. The SMILES string of the molecule is O=C(Nc1ccc(Br)cc1Cl)c1sccc1Br. The normalized spacial score (nSPS) is 10.3. The Labute approximate surface area is 124 Å². The van der Waals surface area contributed by atoms with E-state index in [9.17, 15) is 4.79 Å². The van der Waals surface area contributed by atoms with E-state index < -0.39 is 0 Å². The molecule has 0 saturated heterocycles. The Hall–Kier alpha value is -0.360. The Balaban J connectivity index is 2.22. The minimum absolute atomic E-state index is 0.170. The van der Waals surface area contributed by atoms with Gasteiger partial charge >= 0.3 is 0 Å². The average Bonchev–Trinajstić information content (AvgIpc) is 2.68. The maximum absolute atomic E-state index is 11.9. The van der Waals surface area contributed by atoms with E-state index in [2.05, 4.69) is 37.2 Å². The predicted octanol–water partition coefficient (Wildman–Crippen LogP) is 5.18. The van der Waals surface area contributed by atoms with Crippen molar-refractivity contribution in [1.82, 2.24) is 0 Å². The maximum Gasteiger partial charge on any atom is 0.266 e. The van der Waals surface area contributed by atoms with Crippen LogP contribution in [0.1, 0.15) is 9.67 Å². The molecule has 1 amide bonds. The third-order valence-electron chi connectivity index (χ3n) is 2.00. The van der Waals surface area contributed by atoms with Crippen LogP contribution in [0.25, 0.3) is 0 Å². The summed E-state index contributed by atoms with van der Waals surface area (Å²) >= 11 is 14.0. The highest BCUT2D eigenvalue weighted by molar-refractivity contribution is 9.10. The van der Waals surface area contributed by atoms with Crippen LogP contribution in [0.15, 0.2) is 38.6 Å². The molecular weight excluding hydrogens is 389 g/mol. The molecule has 6 heteroatoms. The number of halogens is 3. The molecule has 1 heterocycles. The van der Waals surface area contributed by atoms with Crippen LogP contribution in [0.4, 0.5) is 5.69 Å². The molecule has 2 nitrogen and oxygen atoms in total. The van der Waals surface area contributed by atoms with E-state index in [1.807, 2.05) is 17.5 Å². The summed E-state index contributed by atoms with van der Waals surface area (Å²) in [6.45, 7) is 0. The second kappa shape index (κ2) is 5.52. The van der Waals surface area contributed by atoms with Crippen LogP contribution in [-0.2, 0) is 0 Å². The van der Waals surface area contributed by atoms with E-state index in [1.165, 1.54) is 11.3 Å². The lowest BCUT2D eigenvalue weighted by molar-refractivity contribution is 0.103. The topological polar surface area (TPSA) is 29.1 Å². The third kappa shape index (κ3) is 3.10. The molecule has 0 radical (unpaired) electrons. The number of amides is 1. The first-order chi connectivity index (χ1) is 8.08. The van der Waals surface area contributed by atoms with Gasteiger partial charge in [-0.3, -0.25) is 4.79 Å². The quantitative estimate of drug-likeness (QED) is 0.746. The van der Waals surface area contributed by atoms with E-state index in [1.54, 1.807) is 12.1 Å². The first-order valence-electron chi connectivity index (χ1n) is 4.57. The van der Waals surface area contributed by atoms with Crippen molar-refractivity contribution in [1.29, 1.82) is 0 Å². The van der Waals surface area contributed by atoms with Crippen molar-refractivity contribution < 1.29 is 4.79 Å². The monoisotopic (exact) mass is 393 g/mol. The van der Waals surface area contributed by atoms with Gasteiger partial charge in [0.1, 0.15) is 4.88 Å². The zero-order valence-electron chi connectivity index (χ0n) is 8.34. The summed E-state index contributed by atoms with van der Waals surface area (Å²) in [6.07, 6.45) is 0. The smallest absolute Gasteiger partial charge is 0.266 e. The largest absolute Gasteiger partial charge is 0.320 e. The fourth-order valence-electron chi connectivity index (χ4n) is 1.23. The van der Waals surface area contributed by atoms with Crippen LogP contribution in [-0.4, -0.2) is 5.91 Å². The number of rotatable bonds is 2. The Morgan fingerprint density at radius 2 is 2.06 bits per heavy atom. The number of hydrogen-bond donors (Lipinski definition) is 1. The lowest BCUT2D eigenvalue weighted by Gasteiger charge is -2.06. The molecule has 0 unspecified atom stereocenters. The second-order valence-corrected chi connectivity index (χ2v) is 6.27. The predicted molar refractivity (Wildman–Crippen MR) is 79.1 cm³/mol. The summed E-state index contributed by atoms with van der Waals surface area (Å²) in [5.41, 5.74) is 0.597. The van der Waals surface area contributed by atoms with Crippen molar-refractivity contribution in [3.05, 3.63) is 48.5 Å². The van der Waals surface area contributed by atoms with Crippen molar-refractivity contribution in [2.24, 2.45) is 0 Å². The summed E-state index contributed by atoms with van der Waals surface area (Å²) in [7, 11) is 0. The van der Waals surface area contributed by atoms with E-state index in [0.29, 0.717) is 15.6 Å².